The van der Waals surface area contributed by atoms with Crippen LogP contribution < -0.4 is 0 Å². The van der Waals surface area contributed by atoms with Gasteiger partial charge in [-0.2, -0.15) is 37.9 Å². The predicted octanol–water partition coefficient (Wildman–Crippen LogP) is 2.84. The Balaban J connectivity index is 2.77. The quantitative estimate of drug-likeness (QED) is 0.477. The number of hydrogen-bond donors (Lipinski definition) is 3. The maximum absolute atomic E-state index is 4.36. The van der Waals surface area contributed by atoms with Crippen LogP contribution in [0.3, 0.4) is 0 Å². The molecule has 0 saturated carbocycles. The number of hydrogen-bond acceptors (Lipinski definition) is 3. The molecule has 0 aromatic heterocycles. The summed E-state index contributed by atoms with van der Waals surface area (Å²) in [6.45, 7) is 0. The average Bonchev–Trinajstić information content (AvgIpc) is 2.05. The summed E-state index contributed by atoms with van der Waals surface area (Å²) in [5.74, 6) is 0. The van der Waals surface area contributed by atoms with Gasteiger partial charge in [0.15, 0.2) is 0 Å². The van der Waals surface area contributed by atoms with Crippen molar-refractivity contribution in [3.05, 3.63) is 35.9 Å². The number of benzene rings is 1. The van der Waals surface area contributed by atoms with Crippen LogP contribution in [0.5, 0.6) is 0 Å². The first-order chi connectivity index (χ1) is 5.22. The van der Waals surface area contributed by atoms with E-state index < -0.39 is 0 Å². The van der Waals surface area contributed by atoms with Crippen molar-refractivity contribution in [1.82, 2.24) is 0 Å². The Bertz CT molecular complexity index is 208. The number of thiol groups is 3. The van der Waals surface area contributed by atoms with Crippen molar-refractivity contribution in [2.24, 2.45) is 0 Å². The summed E-state index contributed by atoms with van der Waals surface area (Å²) in [5, 5.41) is 0.0999. The molecular weight excluding hydrogens is 192 g/mol. The highest BCUT2D eigenvalue weighted by molar-refractivity contribution is 8.00. The molecule has 0 heterocycles. The summed E-state index contributed by atoms with van der Waals surface area (Å²) in [6, 6.07) is 10.0. The van der Waals surface area contributed by atoms with Gasteiger partial charge < -0.3 is 0 Å². The Morgan fingerprint density at radius 1 is 0.909 bits per heavy atom. The monoisotopic (exact) mass is 202 g/mol. The zero-order valence-electron chi connectivity index (χ0n) is 5.88. The molecule has 0 aliphatic heterocycles. The Labute approximate surface area is 83.6 Å². The second-order valence-corrected chi connectivity index (χ2v) is 4.35. The lowest BCUT2D eigenvalue weighted by molar-refractivity contribution is 1.09. The van der Waals surface area contributed by atoms with E-state index >= 15 is 0 Å². The molecule has 1 atom stereocenters. The molecule has 0 aliphatic carbocycles. The highest BCUT2D eigenvalue weighted by atomic mass is 32.2. The molecule has 1 aromatic rings. The van der Waals surface area contributed by atoms with Crippen LogP contribution in [0.4, 0.5) is 0 Å². The molecular formula is C8H10S3. The second kappa shape index (κ2) is 4.33. The average molecular weight is 202 g/mol. The van der Waals surface area contributed by atoms with Crippen molar-refractivity contribution in [1.29, 1.82) is 0 Å². The normalized spacial score (nSPS) is 13.5. The van der Waals surface area contributed by atoms with Crippen LogP contribution in [0.2, 0.25) is 0 Å². The molecule has 0 radical (unpaired) electrons. The lowest BCUT2D eigenvalue weighted by atomic mass is 10.2. The van der Waals surface area contributed by atoms with Gasteiger partial charge in [0, 0.05) is 5.25 Å². The highest BCUT2D eigenvalue weighted by Crippen LogP contribution is 2.28. The van der Waals surface area contributed by atoms with E-state index in [1.54, 1.807) is 0 Å². The Morgan fingerprint density at radius 2 is 1.45 bits per heavy atom. The van der Waals surface area contributed by atoms with Gasteiger partial charge in [-0.05, 0) is 5.56 Å². The maximum Gasteiger partial charge on any atom is 0.0599 e. The molecule has 1 rings (SSSR count). The van der Waals surface area contributed by atoms with Crippen molar-refractivity contribution in [2.45, 2.75) is 9.83 Å². The summed E-state index contributed by atoms with van der Waals surface area (Å²) < 4.78 is -0.0132. The summed E-state index contributed by atoms with van der Waals surface area (Å²) in [6.07, 6.45) is 0. The highest BCUT2D eigenvalue weighted by Gasteiger charge is 2.10. The minimum absolute atomic E-state index is 0.0132. The standard InChI is InChI=1S/C8H10S3/c9-7(8(10)11)6-4-2-1-3-5-6/h1-5,7-11H. The molecule has 3 heteroatoms. The molecule has 1 unspecified atom stereocenters. The van der Waals surface area contributed by atoms with Gasteiger partial charge in [-0.25, -0.2) is 0 Å². The largest absolute Gasteiger partial charge is 0.169 e. The first-order valence-electron chi connectivity index (χ1n) is 3.31. The molecule has 0 spiro atoms. The minimum atomic E-state index is -0.0132. The molecule has 0 saturated heterocycles. The van der Waals surface area contributed by atoms with Crippen molar-refractivity contribution in [3.63, 3.8) is 0 Å². The van der Waals surface area contributed by atoms with E-state index in [0.717, 1.165) is 5.56 Å². The van der Waals surface area contributed by atoms with E-state index in [1.807, 2.05) is 30.3 Å². The first kappa shape index (κ1) is 9.36. The van der Waals surface area contributed by atoms with Crippen LogP contribution in [0.1, 0.15) is 10.8 Å². The first-order valence-corrected chi connectivity index (χ1v) is 4.86. The van der Waals surface area contributed by atoms with Gasteiger partial charge in [-0.3, -0.25) is 0 Å². The third kappa shape index (κ3) is 2.65. The molecule has 0 N–H and O–H groups in total. The van der Waals surface area contributed by atoms with E-state index in [1.165, 1.54) is 0 Å². The van der Waals surface area contributed by atoms with Crippen molar-refractivity contribution < 1.29 is 0 Å². The van der Waals surface area contributed by atoms with E-state index in [4.69, 9.17) is 0 Å². The van der Waals surface area contributed by atoms with E-state index in [9.17, 15) is 0 Å². The zero-order valence-corrected chi connectivity index (χ0v) is 8.57. The van der Waals surface area contributed by atoms with Crippen molar-refractivity contribution >= 4 is 37.9 Å². The fraction of sp³-hybridized carbons (Fsp3) is 0.250. The second-order valence-electron chi connectivity index (χ2n) is 2.27. The lowest BCUT2D eigenvalue weighted by Gasteiger charge is -2.12. The molecule has 0 nitrogen and oxygen atoms in total. The molecule has 0 fully saturated rings. The fourth-order valence-corrected chi connectivity index (χ4v) is 1.34. The SMILES string of the molecule is SC(S)C(S)c1ccccc1. The third-order valence-corrected chi connectivity index (χ3v) is 3.09. The van der Waals surface area contributed by atoms with Gasteiger partial charge in [-0.1, -0.05) is 30.3 Å². The predicted molar refractivity (Wildman–Crippen MR) is 59.9 cm³/mol. The fourth-order valence-electron chi connectivity index (χ4n) is 0.822. The Morgan fingerprint density at radius 3 is 1.91 bits per heavy atom. The van der Waals surface area contributed by atoms with Gasteiger partial charge in [0.1, 0.15) is 0 Å². The van der Waals surface area contributed by atoms with Crippen LogP contribution in [0.15, 0.2) is 30.3 Å². The van der Waals surface area contributed by atoms with Crippen LogP contribution >= 0.6 is 37.9 Å². The van der Waals surface area contributed by atoms with Crippen molar-refractivity contribution in [3.8, 4) is 0 Å². The Kier molecular flexibility index (Phi) is 3.69. The van der Waals surface area contributed by atoms with Gasteiger partial charge in [0.2, 0.25) is 0 Å². The van der Waals surface area contributed by atoms with E-state index in [-0.39, 0.29) is 9.83 Å². The summed E-state index contributed by atoms with van der Waals surface area (Å²) in [5.41, 5.74) is 1.16. The van der Waals surface area contributed by atoms with Crippen LogP contribution in [0.25, 0.3) is 0 Å². The maximum atomic E-state index is 4.36. The molecule has 60 valence electrons. The minimum Gasteiger partial charge on any atom is -0.169 e. The number of rotatable bonds is 2. The molecule has 1 aromatic carbocycles. The van der Waals surface area contributed by atoms with Crippen LogP contribution in [-0.4, -0.2) is 4.58 Å². The van der Waals surface area contributed by atoms with E-state index in [0.29, 0.717) is 0 Å². The van der Waals surface area contributed by atoms with Crippen LogP contribution in [-0.2, 0) is 0 Å². The molecule has 0 bridgehead atoms. The lowest BCUT2D eigenvalue weighted by Crippen LogP contribution is -1.98. The topological polar surface area (TPSA) is 0 Å². The van der Waals surface area contributed by atoms with E-state index in [2.05, 4.69) is 37.9 Å². The van der Waals surface area contributed by atoms with Crippen molar-refractivity contribution in [2.75, 3.05) is 0 Å². The summed E-state index contributed by atoms with van der Waals surface area (Å²) >= 11 is 12.7. The zero-order chi connectivity index (χ0) is 8.27. The third-order valence-electron chi connectivity index (χ3n) is 1.42. The van der Waals surface area contributed by atoms with Crippen LogP contribution in [0, 0.1) is 0 Å². The smallest absolute Gasteiger partial charge is 0.0599 e. The van der Waals surface area contributed by atoms with Gasteiger partial charge in [0.25, 0.3) is 0 Å². The van der Waals surface area contributed by atoms with Gasteiger partial charge in [0.05, 0.1) is 4.58 Å². The summed E-state index contributed by atoms with van der Waals surface area (Å²) in [7, 11) is 0. The Hall–Kier alpha value is 0.270. The van der Waals surface area contributed by atoms with Gasteiger partial charge in [-0.15, -0.1) is 0 Å². The molecule has 0 amide bonds. The van der Waals surface area contributed by atoms with Gasteiger partial charge >= 0.3 is 0 Å². The molecule has 0 aliphatic rings. The molecule has 11 heavy (non-hydrogen) atoms. The summed E-state index contributed by atoms with van der Waals surface area (Å²) in [4.78, 5) is 0.